The first-order valence-electron chi connectivity index (χ1n) is 7.20. The molecule has 0 amide bonds. The Kier molecular flexibility index (Phi) is 8.25. The van der Waals surface area contributed by atoms with Crippen molar-refractivity contribution in [2.75, 3.05) is 26.3 Å². The maximum absolute atomic E-state index is 5.60. The first kappa shape index (κ1) is 16.0. The van der Waals surface area contributed by atoms with Gasteiger partial charge in [0.1, 0.15) is 6.61 Å². The van der Waals surface area contributed by atoms with Gasteiger partial charge in [-0.25, -0.2) is 0 Å². The van der Waals surface area contributed by atoms with E-state index in [1.165, 1.54) is 0 Å². The van der Waals surface area contributed by atoms with Crippen molar-refractivity contribution in [2.45, 2.75) is 46.3 Å². The summed E-state index contributed by atoms with van der Waals surface area (Å²) in [6, 6.07) is 0. The molecule has 0 unspecified atom stereocenters. The molecule has 19 heavy (non-hydrogen) atoms. The van der Waals surface area contributed by atoms with Crippen molar-refractivity contribution in [3.8, 4) is 5.75 Å². The van der Waals surface area contributed by atoms with E-state index >= 15 is 0 Å². The van der Waals surface area contributed by atoms with Gasteiger partial charge in [0, 0.05) is 19.7 Å². The van der Waals surface area contributed by atoms with Crippen molar-refractivity contribution in [3.05, 3.63) is 12.4 Å². The summed E-state index contributed by atoms with van der Waals surface area (Å²) in [7, 11) is 0. The Hall–Kier alpha value is -1.07. The summed E-state index contributed by atoms with van der Waals surface area (Å²) < 4.78 is 13.0. The predicted molar refractivity (Wildman–Crippen MR) is 76.6 cm³/mol. The van der Waals surface area contributed by atoms with Crippen LogP contribution in [0.4, 0.5) is 0 Å². The smallest absolute Gasteiger partial charge is 0.157 e. The van der Waals surface area contributed by atoms with Gasteiger partial charge in [-0.15, -0.1) is 0 Å². The fourth-order valence-electron chi connectivity index (χ4n) is 1.65. The van der Waals surface area contributed by atoms with Crippen molar-refractivity contribution in [1.29, 1.82) is 0 Å². The molecule has 110 valence electrons. The quantitative estimate of drug-likeness (QED) is 0.625. The van der Waals surface area contributed by atoms with Crippen molar-refractivity contribution < 1.29 is 9.47 Å². The molecule has 0 atom stereocenters. The molecule has 0 radical (unpaired) electrons. The summed E-state index contributed by atoms with van der Waals surface area (Å²) in [5, 5.41) is 7.55. The molecule has 5 nitrogen and oxygen atoms in total. The summed E-state index contributed by atoms with van der Waals surface area (Å²) in [5.41, 5.74) is 0. The molecule has 0 fully saturated rings. The van der Waals surface area contributed by atoms with Gasteiger partial charge < -0.3 is 14.8 Å². The Labute approximate surface area is 116 Å². The van der Waals surface area contributed by atoms with Gasteiger partial charge in [0.05, 0.1) is 18.5 Å². The highest BCUT2D eigenvalue weighted by atomic mass is 16.5. The number of nitrogens with one attached hydrogen (secondary N) is 1. The molecule has 1 aromatic heterocycles. The van der Waals surface area contributed by atoms with Crippen LogP contribution in [0, 0.1) is 0 Å². The monoisotopic (exact) mass is 269 g/mol. The number of rotatable bonds is 11. The van der Waals surface area contributed by atoms with E-state index in [9.17, 15) is 0 Å². The Bertz CT molecular complexity index is 326. The minimum atomic E-state index is 0.322. The molecule has 0 aromatic carbocycles. The van der Waals surface area contributed by atoms with Crippen molar-refractivity contribution in [2.24, 2.45) is 0 Å². The molecular weight excluding hydrogens is 242 g/mol. The molecule has 5 heteroatoms. The van der Waals surface area contributed by atoms with E-state index in [1.54, 1.807) is 6.20 Å². The molecular formula is C14H27N3O2. The fraction of sp³-hybridized carbons (Fsp3) is 0.786. The SMILES string of the molecule is CCCn1cc(OCCNCCCOC(C)C)cn1. The van der Waals surface area contributed by atoms with E-state index in [1.807, 2.05) is 10.9 Å². The molecule has 1 rings (SSSR count). The van der Waals surface area contributed by atoms with E-state index in [0.29, 0.717) is 12.7 Å². The van der Waals surface area contributed by atoms with Crippen LogP contribution in [0.5, 0.6) is 5.75 Å². The van der Waals surface area contributed by atoms with E-state index in [-0.39, 0.29) is 0 Å². The van der Waals surface area contributed by atoms with Crippen LogP contribution < -0.4 is 10.1 Å². The minimum absolute atomic E-state index is 0.322. The first-order valence-corrected chi connectivity index (χ1v) is 7.20. The van der Waals surface area contributed by atoms with Gasteiger partial charge in [-0.3, -0.25) is 4.68 Å². The van der Waals surface area contributed by atoms with Crippen LogP contribution in [0.15, 0.2) is 12.4 Å². The molecule has 0 saturated carbocycles. The average Bonchev–Trinajstić information content (AvgIpc) is 2.80. The summed E-state index contributed by atoms with van der Waals surface area (Å²) >= 11 is 0. The third kappa shape index (κ3) is 7.85. The number of aromatic nitrogens is 2. The van der Waals surface area contributed by atoms with Crippen LogP contribution in [-0.4, -0.2) is 42.2 Å². The lowest BCUT2D eigenvalue weighted by atomic mass is 10.4. The third-order valence-electron chi connectivity index (χ3n) is 2.56. The number of ether oxygens (including phenoxy) is 2. The van der Waals surface area contributed by atoms with Crippen LogP contribution in [0.3, 0.4) is 0 Å². The number of nitrogens with zero attached hydrogens (tertiary/aromatic N) is 2. The lowest BCUT2D eigenvalue weighted by molar-refractivity contribution is 0.0770. The number of hydrogen-bond donors (Lipinski definition) is 1. The second-order valence-corrected chi connectivity index (χ2v) is 4.81. The van der Waals surface area contributed by atoms with Gasteiger partial charge in [0.2, 0.25) is 0 Å². The maximum Gasteiger partial charge on any atom is 0.157 e. The normalized spacial score (nSPS) is 11.2. The van der Waals surface area contributed by atoms with Crippen LogP contribution >= 0.6 is 0 Å². The highest BCUT2D eigenvalue weighted by Crippen LogP contribution is 2.07. The Morgan fingerprint density at radius 2 is 2.16 bits per heavy atom. The Morgan fingerprint density at radius 1 is 1.32 bits per heavy atom. The standard InChI is InChI=1S/C14H27N3O2/c1-4-8-17-12-14(11-16-17)19-10-7-15-6-5-9-18-13(2)3/h11-13,15H,4-10H2,1-3H3. The third-order valence-corrected chi connectivity index (χ3v) is 2.56. The second kappa shape index (κ2) is 9.81. The molecule has 0 aliphatic rings. The topological polar surface area (TPSA) is 48.3 Å². The zero-order valence-electron chi connectivity index (χ0n) is 12.4. The van der Waals surface area contributed by atoms with E-state index < -0.39 is 0 Å². The molecule has 0 aliphatic heterocycles. The van der Waals surface area contributed by atoms with E-state index in [2.05, 4.69) is 31.2 Å². The Balaban J connectivity index is 1.95. The zero-order chi connectivity index (χ0) is 13.9. The summed E-state index contributed by atoms with van der Waals surface area (Å²) in [6.07, 6.45) is 6.16. The molecule has 1 aromatic rings. The highest BCUT2D eigenvalue weighted by Gasteiger charge is 1.98. The largest absolute Gasteiger partial charge is 0.489 e. The molecule has 1 heterocycles. The van der Waals surface area contributed by atoms with Crippen molar-refractivity contribution in [1.82, 2.24) is 15.1 Å². The number of aryl methyl sites for hydroxylation is 1. The van der Waals surface area contributed by atoms with E-state index in [4.69, 9.17) is 9.47 Å². The van der Waals surface area contributed by atoms with Crippen LogP contribution in [0.2, 0.25) is 0 Å². The fourth-order valence-corrected chi connectivity index (χ4v) is 1.65. The van der Waals surface area contributed by atoms with Gasteiger partial charge in [0.25, 0.3) is 0 Å². The summed E-state index contributed by atoms with van der Waals surface area (Å²) in [5.74, 6) is 0.846. The zero-order valence-corrected chi connectivity index (χ0v) is 12.4. The lowest BCUT2D eigenvalue weighted by Gasteiger charge is -2.08. The van der Waals surface area contributed by atoms with Gasteiger partial charge in [-0.2, -0.15) is 5.10 Å². The first-order chi connectivity index (χ1) is 9.22. The lowest BCUT2D eigenvalue weighted by Crippen LogP contribution is -2.23. The summed E-state index contributed by atoms with van der Waals surface area (Å²) in [4.78, 5) is 0. The van der Waals surface area contributed by atoms with Crippen molar-refractivity contribution >= 4 is 0 Å². The van der Waals surface area contributed by atoms with Gasteiger partial charge in [-0.1, -0.05) is 6.92 Å². The van der Waals surface area contributed by atoms with Crippen LogP contribution in [-0.2, 0) is 11.3 Å². The van der Waals surface area contributed by atoms with Gasteiger partial charge >= 0.3 is 0 Å². The minimum Gasteiger partial charge on any atom is -0.489 e. The van der Waals surface area contributed by atoms with Crippen molar-refractivity contribution in [3.63, 3.8) is 0 Å². The molecule has 0 bridgehead atoms. The number of hydrogen-bond acceptors (Lipinski definition) is 4. The molecule has 0 aliphatic carbocycles. The van der Waals surface area contributed by atoms with Crippen LogP contribution in [0.1, 0.15) is 33.6 Å². The molecule has 1 N–H and O–H groups in total. The summed E-state index contributed by atoms with van der Waals surface area (Å²) in [6.45, 7) is 10.5. The Morgan fingerprint density at radius 3 is 2.89 bits per heavy atom. The second-order valence-electron chi connectivity index (χ2n) is 4.81. The molecule has 0 spiro atoms. The van der Waals surface area contributed by atoms with Crippen LogP contribution in [0.25, 0.3) is 0 Å². The average molecular weight is 269 g/mol. The maximum atomic E-state index is 5.60. The van der Waals surface area contributed by atoms with E-state index in [0.717, 1.165) is 44.8 Å². The van der Waals surface area contributed by atoms with Gasteiger partial charge in [0.15, 0.2) is 5.75 Å². The molecule has 0 saturated heterocycles. The predicted octanol–water partition coefficient (Wildman–Crippen LogP) is 2.08. The highest BCUT2D eigenvalue weighted by molar-refractivity contribution is 5.11. The van der Waals surface area contributed by atoms with Gasteiger partial charge in [-0.05, 0) is 33.2 Å².